The minimum Gasteiger partial charge on any atom is -0.396 e. The molecule has 1 heterocycles. The van der Waals surface area contributed by atoms with Gasteiger partial charge in [0.1, 0.15) is 11.5 Å². The Hall–Kier alpha value is -1.60. The van der Waals surface area contributed by atoms with E-state index in [2.05, 4.69) is 5.10 Å². The van der Waals surface area contributed by atoms with Crippen molar-refractivity contribution >= 4 is 27.1 Å². The largest absolute Gasteiger partial charge is 0.396 e. The Bertz CT molecular complexity index is 759. The molecule has 0 aliphatic heterocycles. The number of halogens is 2. The molecule has 2 aromatic rings. The second kappa shape index (κ2) is 6.03. The highest BCUT2D eigenvalue weighted by Crippen LogP contribution is 2.31. The molecule has 2 rings (SSSR count). The van der Waals surface area contributed by atoms with Crippen LogP contribution in [-0.2, 0) is 16.4 Å². The zero-order chi connectivity index (χ0) is 15.6. The molecular formula is C13H15ClFN3O2S. The number of aryl methyl sites for hydroxylation is 1. The van der Waals surface area contributed by atoms with Gasteiger partial charge in [0.2, 0.25) is 0 Å². The lowest BCUT2D eigenvalue weighted by atomic mass is 10.1. The van der Waals surface area contributed by atoms with Gasteiger partial charge < -0.3 is 5.73 Å². The first-order valence-electron chi connectivity index (χ1n) is 6.31. The number of aromatic nitrogens is 2. The van der Waals surface area contributed by atoms with Crippen molar-refractivity contribution in [2.45, 2.75) is 13.5 Å². The van der Waals surface area contributed by atoms with E-state index in [1.165, 1.54) is 22.9 Å². The number of sulfone groups is 1. The molecule has 0 unspecified atom stereocenters. The van der Waals surface area contributed by atoms with Gasteiger partial charge >= 0.3 is 0 Å². The summed E-state index contributed by atoms with van der Waals surface area (Å²) in [5, 5.41) is 4.43. The third-order valence-corrected chi connectivity index (χ3v) is 5.04. The zero-order valence-electron chi connectivity index (χ0n) is 11.4. The molecule has 21 heavy (non-hydrogen) atoms. The highest BCUT2D eigenvalue weighted by atomic mass is 35.5. The van der Waals surface area contributed by atoms with Crippen molar-refractivity contribution in [1.82, 2.24) is 9.78 Å². The minimum atomic E-state index is -3.08. The van der Waals surface area contributed by atoms with E-state index >= 15 is 0 Å². The van der Waals surface area contributed by atoms with Crippen LogP contribution in [0.4, 0.5) is 10.1 Å². The quantitative estimate of drug-likeness (QED) is 0.912. The molecule has 0 atom stereocenters. The van der Waals surface area contributed by atoms with Crippen molar-refractivity contribution in [3.63, 3.8) is 0 Å². The Kier molecular flexibility index (Phi) is 4.53. The molecule has 0 amide bonds. The Morgan fingerprint density at radius 1 is 1.43 bits per heavy atom. The Balaban J connectivity index is 2.27. The third-order valence-electron chi connectivity index (χ3n) is 3.05. The van der Waals surface area contributed by atoms with Crippen LogP contribution in [0.5, 0.6) is 0 Å². The van der Waals surface area contributed by atoms with Gasteiger partial charge in [-0.15, -0.1) is 0 Å². The molecule has 0 aliphatic rings. The number of hydrogen-bond acceptors (Lipinski definition) is 4. The summed E-state index contributed by atoms with van der Waals surface area (Å²) in [5.41, 5.74) is 7.14. The molecule has 0 spiro atoms. The SMILES string of the molecule is CCS(=O)(=O)CCn1cc(N)c(-c2ccc(F)cc2Cl)n1. The average molecular weight is 332 g/mol. The molecule has 0 aliphatic carbocycles. The normalized spacial score (nSPS) is 11.8. The lowest BCUT2D eigenvalue weighted by Gasteiger charge is -2.03. The monoisotopic (exact) mass is 331 g/mol. The van der Waals surface area contributed by atoms with Crippen LogP contribution in [0.15, 0.2) is 24.4 Å². The predicted molar refractivity (Wildman–Crippen MR) is 81.4 cm³/mol. The number of nitrogens with two attached hydrogens (primary N) is 1. The molecule has 0 saturated carbocycles. The Morgan fingerprint density at radius 2 is 2.14 bits per heavy atom. The number of rotatable bonds is 5. The summed E-state index contributed by atoms with van der Waals surface area (Å²) < 4.78 is 37.5. The number of benzene rings is 1. The van der Waals surface area contributed by atoms with Crippen LogP contribution >= 0.6 is 11.6 Å². The molecule has 0 bridgehead atoms. The first kappa shape index (κ1) is 15.8. The molecule has 0 fully saturated rings. The first-order valence-corrected chi connectivity index (χ1v) is 8.51. The van der Waals surface area contributed by atoms with E-state index in [0.29, 0.717) is 16.9 Å². The first-order chi connectivity index (χ1) is 9.82. The van der Waals surface area contributed by atoms with Crippen LogP contribution in [0.25, 0.3) is 11.3 Å². The van der Waals surface area contributed by atoms with E-state index in [4.69, 9.17) is 17.3 Å². The Labute approximate surface area is 127 Å². The molecule has 5 nitrogen and oxygen atoms in total. The number of nitrogens with zero attached hydrogens (tertiary/aromatic N) is 2. The fourth-order valence-electron chi connectivity index (χ4n) is 1.82. The second-order valence-corrected chi connectivity index (χ2v) is 7.44. The summed E-state index contributed by atoms with van der Waals surface area (Å²) in [6.45, 7) is 1.80. The van der Waals surface area contributed by atoms with Gasteiger partial charge in [0, 0.05) is 17.5 Å². The van der Waals surface area contributed by atoms with E-state index in [1.54, 1.807) is 13.1 Å². The van der Waals surface area contributed by atoms with E-state index in [9.17, 15) is 12.8 Å². The van der Waals surface area contributed by atoms with Crippen LogP contribution in [-0.4, -0.2) is 29.7 Å². The van der Waals surface area contributed by atoms with Gasteiger partial charge in [-0.3, -0.25) is 4.68 Å². The van der Waals surface area contributed by atoms with Gasteiger partial charge in [0.25, 0.3) is 0 Å². The maximum atomic E-state index is 13.1. The fraction of sp³-hybridized carbons (Fsp3) is 0.308. The maximum absolute atomic E-state index is 13.1. The van der Waals surface area contributed by atoms with Crippen LogP contribution in [0.2, 0.25) is 5.02 Å². The van der Waals surface area contributed by atoms with Crippen molar-refractivity contribution < 1.29 is 12.8 Å². The van der Waals surface area contributed by atoms with E-state index in [1.807, 2.05) is 0 Å². The molecular weight excluding hydrogens is 317 g/mol. The lowest BCUT2D eigenvalue weighted by Crippen LogP contribution is -2.14. The highest BCUT2D eigenvalue weighted by Gasteiger charge is 2.14. The fourth-order valence-corrected chi connectivity index (χ4v) is 2.83. The highest BCUT2D eigenvalue weighted by molar-refractivity contribution is 7.91. The van der Waals surface area contributed by atoms with E-state index < -0.39 is 15.7 Å². The number of hydrogen-bond donors (Lipinski definition) is 1. The van der Waals surface area contributed by atoms with Gasteiger partial charge in [0.05, 0.1) is 23.0 Å². The van der Waals surface area contributed by atoms with Crippen LogP contribution in [0.1, 0.15) is 6.92 Å². The summed E-state index contributed by atoms with van der Waals surface area (Å²) in [6, 6.07) is 3.93. The number of anilines is 1. The summed E-state index contributed by atoms with van der Waals surface area (Å²) in [6.07, 6.45) is 1.54. The average Bonchev–Trinajstić information content (AvgIpc) is 2.78. The lowest BCUT2D eigenvalue weighted by molar-refractivity contribution is 0.582. The summed E-state index contributed by atoms with van der Waals surface area (Å²) in [7, 11) is -3.08. The summed E-state index contributed by atoms with van der Waals surface area (Å²) in [4.78, 5) is 0. The number of nitrogen functional groups attached to an aromatic ring is 1. The Morgan fingerprint density at radius 3 is 2.76 bits per heavy atom. The molecule has 8 heteroatoms. The van der Waals surface area contributed by atoms with Crippen molar-refractivity contribution in [1.29, 1.82) is 0 Å². The minimum absolute atomic E-state index is 0.0127. The van der Waals surface area contributed by atoms with Crippen molar-refractivity contribution in [2.75, 3.05) is 17.2 Å². The summed E-state index contributed by atoms with van der Waals surface area (Å²) in [5.74, 6) is -0.377. The summed E-state index contributed by atoms with van der Waals surface area (Å²) >= 11 is 5.98. The van der Waals surface area contributed by atoms with Gasteiger partial charge in [0.15, 0.2) is 9.84 Å². The van der Waals surface area contributed by atoms with Crippen LogP contribution in [0.3, 0.4) is 0 Å². The second-order valence-electron chi connectivity index (χ2n) is 4.56. The maximum Gasteiger partial charge on any atom is 0.151 e. The standard InChI is InChI=1S/C13H15ClFN3O2S/c1-2-21(19,20)6-5-18-8-12(16)13(17-18)10-4-3-9(15)7-11(10)14/h3-4,7-8H,2,5-6,16H2,1H3. The van der Waals surface area contributed by atoms with Crippen LogP contribution in [0, 0.1) is 5.82 Å². The molecule has 1 aromatic heterocycles. The van der Waals surface area contributed by atoms with Crippen molar-refractivity contribution in [3.05, 3.63) is 35.2 Å². The zero-order valence-corrected chi connectivity index (χ0v) is 13.0. The third kappa shape index (κ3) is 3.74. The predicted octanol–water partition coefficient (Wildman–Crippen LogP) is 2.36. The van der Waals surface area contributed by atoms with Gasteiger partial charge in [-0.2, -0.15) is 5.10 Å². The van der Waals surface area contributed by atoms with Gasteiger partial charge in [-0.1, -0.05) is 18.5 Å². The molecule has 0 radical (unpaired) electrons. The van der Waals surface area contributed by atoms with Gasteiger partial charge in [-0.05, 0) is 18.2 Å². The van der Waals surface area contributed by atoms with Crippen molar-refractivity contribution in [2.24, 2.45) is 0 Å². The van der Waals surface area contributed by atoms with E-state index in [-0.39, 0.29) is 23.1 Å². The molecule has 2 N–H and O–H groups in total. The molecule has 1 aromatic carbocycles. The molecule has 0 saturated heterocycles. The topological polar surface area (TPSA) is 78.0 Å². The van der Waals surface area contributed by atoms with Crippen molar-refractivity contribution in [3.8, 4) is 11.3 Å². The smallest absolute Gasteiger partial charge is 0.151 e. The van der Waals surface area contributed by atoms with Crippen LogP contribution < -0.4 is 5.73 Å². The van der Waals surface area contributed by atoms with Gasteiger partial charge in [-0.25, -0.2) is 12.8 Å². The van der Waals surface area contributed by atoms with E-state index in [0.717, 1.165) is 0 Å². The molecule has 114 valence electrons.